The normalized spacial score (nSPS) is 11.0. The summed E-state index contributed by atoms with van der Waals surface area (Å²) in [6.45, 7) is -1.46. The third kappa shape index (κ3) is 3.23. The van der Waals surface area contributed by atoms with Crippen molar-refractivity contribution < 1.29 is 18.3 Å². The Balaban J connectivity index is 1.87. The Morgan fingerprint density at radius 1 is 1.42 bits per heavy atom. The van der Waals surface area contributed by atoms with Crippen LogP contribution < -0.4 is 15.6 Å². The molecular weight excluding hydrogens is 342 g/mol. The van der Waals surface area contributed by atoms with Crippen LogP contribution in [0.1, 0.15) is 16.1 Å². The molecule has 2 aromatic heterocycles. The molecular formula is C14H10F2N4O3S. The van der Waals surface area contributed by atoms with Gasteiger partial charge in [0.25, 0.3) is 11.5 Å². The molecule has 0 atom stereocenters. The number of amides is 1. The second-order valence-corrected chi connectivity index (χ2v) is 5.51. The number of nitrogens with zero attached hydrogens (tertiary/aromatic N) is 3. The number of carbonyl (C=O) groups excluding carboxylic acids is 1. The van der Waals surface area contributed by atoms with Crippen molar-refractivity contribution in [2.75, 3.05) is 5.32 Å². The van der Waals surface area contributed by atoms with Gasteiger partial charge in [-0.1, -0.05) is 6.07 Å². The van der Waals surface area contributed by atoms with Crippen molar-refractivity contribution in [2.45, 2.75) is 13.5 Å². The monoisotopic (exact) mass is 352 g/mol. The maximum absolute atomic E-state index is 12.3. The summed E-state index contributed by atoms with van der Waals surface area (Å²) in [4.78, 5) is 27.9. The van der Waals surface area contributed by atoms with Gasteiger partial charge in [-0.25, -0.2) is 0 Å². The summed E-state index contributed by atoms with van der Waals surface area (Å²) in [7, 11) is 0. The Morgan fingerprint density at radius 2 is 2.21 bits per heavy atom. The van der Waals surface area contributed by atoms with Crippen molar-refractivity contribution in [1.82, 2.24) is 14.6 Å². The van der Waals surface area contributed by atoms with Gasteiger partial charge in [-0.2, -0.15) is 23.4 Å². The van der Waals surface area contributed by atoms with Crippen LogP contribution in [0.4, 0.5) is 14.6 Å². The quantitative estimate of drug-likeness (QED) is 0.779. The van der Waals surface area contributed by atoms with Crippen LogP contribution in [0.2, 0.25) is 0 Å². The molecule has 0 unspecified atom stereocenters. The lowest BCUT2D eigenvalue weighted by atomic mass is 10.2. The molecule has 124 valence electrons. The summed E-state index contributed by atoms with van der Waals surface area (Å²) < 4.78 is 30.1. The van der Waals surface area contributed by atoms with Crippen molar-refractivity contribution >= 4 is 28.0 Å². The summed E-state index contributed by atoms with van der Waals surface area (Å²) in [6.07, 6.45) is 0. The van der Waals surface area contributed by atoms with Crippen LogP contribution in [-0.4, -0.2) is 27.1 Å². The third-order valence-corrected chi connectivity index (χ3v) is 3.82. The molecule has 3 aromatic rings. The first-order valence-corrected chi connectivity index (χ1v) is 7.53. The van der Waals surface area contributed by atoms with Gasteiger partial charge in [0.1, 0.15) is 17.3 Å². The molecule has 24 heavy (non-hydrogen) atoms. The van der Waals surface area contributed by atoms with Crippen molar-refractivity contribution in [1.29, 1.82) is 0 Å². The number of aryl methyl sites for hydroxylation is 1. The van der Waals surface area contributed by atoms with E-state index in [1.165, 1.54) is 35.7 Å². The number of aromatic nitrogens is 3. The van der Waals surface area contributed by atoms with Crippen molar-refractivity contribution in [3.63, 3.8) is 0 Å². The highest BCUT2D eigenvalue weighted by molar-refractivity contribution is 7.15. The van der Waals surface area contributed by atoms with Gasteiger partial charge in [0.2, 0.25) is 4.96 Å². The Labute approximate surface area is 137 Å². The van der Waals surface area contributed by atoms with Gasteiger partial charge < -0.3 is 10.1 Å². The predicted molar refractivity (Wildman–Crippen MR) is 82.9 cm³/mol. The Bertz CT molecular complexity index is 970. The van der Waals surface area contributed by atoms with E-state index in [1.54, 1.807) is 5.38 Å². The van der Waals surface area contributed by atoms with E-state index >= 15 is 0 Å². The Kier molecular flexibility index (Phi) is 4.21. The van der Waals surface area contributed by atoms with Crippen molar-refractivity contribution in [3.05, 3.63) is 51.3 Å². The maximum atomic E-state index is 12.3. The fourth-order valence-corrected chi connectivity index (χ4v) is 2.68. The Morgan fingerprint density at radius 3 is 2.96 bits per heavy atom. The van der Waals surface area contributed by atoms with Gasteiger partial charge in [0.05, 0.1) is 0 Å². The third-order valence-electron chi connectivity index (χ3n) is 3.01. The molecule has 0 spiro atoms. The number of hydrogen-bond acceptors (Lipinski definition) is 6. The topological polar surface area (TPSA) is 85.6 Å². The number of nitrogens with one attached hydrogen (secondary N) is 1. The number of alkyl halides is 2. The summed E-state index contributed by atoms with van der Waals surface area (Å²) in [5.41, 5.74) is -0.112. The molecule has 0 aliphatic carbocycles. The average molecular weight is 352 g/mol. The first-order valence-electron chi connectivity index (χ1n) is 6.65. The second kappa shape index (κ2) is 6.32. The van der Waals surface area contributed by atoms with Gasteiger partial charge in [-0.3, -0.25) is 9.59 Å². The van der Waals surface area contributed by atoms with E-state index in [0.717, 1.165) is 11.3 Å². The maximum Gasteiger partial charge on any atom is 0.387 e. The molecule has 1 aromatic carbocycles. The number of anilines is 1. The van der Waals surface area contributed by atoms with E-state index in [4.69, 9.17) is 0 Å². The Hall–Kier alpha value is -2.88. The zero-order valence-corrected chi connectivity index (χ0v) is 13.0. The fraction of sp³-hybridized carbons (Fsp3) is 0.143. The van der Waals surface area contributed by atoms with Crippen LogP contribution >= 0.6 is 11.3 Å². The molecule has 0 bridgehead atoms. The molecule has 0 radical (unpaired) electrons. The van der Waals surface area contributed by atoms with Crippen molar-refractivity contribution in [3.8, 4) is 5.75 Å². The zero-order valence-electron chi connectivity index (χ0n) is 12.2. The van der Waals surface area contributed by atoms with Crippen LogP contribution in [0.25, 0.3) is 4.96 Å². The van der Waals surface area contributed by atoms with Crippen LogP contribution in [0, 0.1) is 6.92 Å². The van der Waals surface area contributed by atoms with E-state index < -0.39 is 18.1 Å². The highest BCUT2D eigenvalue weighted by Crippen LogP contribution is 2.20. The molecule has 7 nitrogen and oxygen atoms in total. The lowest BCUT2D eigenvalue weighted by Gasteiger charge is -2.07. The molecule has 0 fully saturated rings. The fourth-order valence-electron chi connectivity index (χ4n) is 1.93. The zero-order chi connectivity index (χ0) is 17.3. The minimum atomic E-state index is -2.97. The van der Waals surface area contributed by atoms with Gasteiger partial charge >= 0.3 is 6.61 Å². The average Bonchev–Trinajstić information content (AvgIpc) is 2.89. The lowest BCUT2D eigenvalue weighted by Crippen LogP contribution is -2.18. The van der Waals surface area contributed by atoms with E-state index in [-0.39, 0.29) is 17.0 Å². The van der Waals surface area contributed by atoms with Gasteiger partial charge in [0, 0.05) is 10.9 Å². The molecule has 1 amide bonds. The summed E-state index contributed by atoms with van der Waals surface area (Å²) in [5.74, 6) is -0.338. The summed E-state index contributed by atoms with van der Waals surface area (Å²) in [6, 6.07) is 5.41. The van der Waals surface area contributed by atoms with E-state index in [1.807, 2.05) is 0 Å². The smallest absolute Gasteiger partial charge is 0.387 e. The van der Waals surface area contributed by atoms with Gasteiger partial charge in [0.15, 0.2) is 0 Å². The first-order chi connectivity index (χ1) is 11.4. The minimum Gasteiger partial charge on any atom is -0.435 e. The standard InChI is InChI=1S/C14H10F2N4O3S/c1-7-11(21)18-14-20(19-7)10(6-24-14)17-12(22)8-3-2-4-9(5-8)23-13(15)16/h2-6,13H,1H3,(H,17,22). The molecule has 0 aliphatic rings. The van der Waals surface area contributed by atoms with Crippen LogP contribution in [0.3, 0.4) is 0 Å². The minimum absolute atomic E-state index is 0.118. The number of carbonyl (C=O) groups is 1. The second-order valence-electron chi connectivity index (χ2n) is 4.68. The molecule has 10 heteroatoms. The number of fused-ring (bicyclic) bond motifs is 1. The first kappa shape index (κ1) is 16.0. The summed E-state index contributed by atoms with van der Waals surface area (Å²) >= 11 is 1.14. The highest BCUT2D eigenvalue weighted by atomic mass is 32.1. The SMILES string of the molecule is Cc1nn2c(NC(=O)c3cccc(OC(F)F)c3)csc2nc1=O. The molecule has 0 saturated carbocycles. The highest BCUT2D eigenvalue weighted by Gasteiger charge is 2.13. The largest absolute Gasteiger partial charge is 0.435 e. The van der Waals surface area contributed by atoms with Gasteiger partial charge in [-0.15, -0.1) is 11.3 Å². The number of halogens is 2. The van der Waals surface area contributed by atoms with E-state index in [2.05, 4.69) is 20.1 Å². The molecule has 2 heterocycles. The number of hydrogen-bond donors (Lipinski definition) is 1. The number of ether oxygens (including phenoxy) is 1. The van der Waals surface area contributed by atoms with Gasteiger partial charge in [-0.05, 0) is 25.1 Å². The number of benzene rings is 1. The lowest BCUT2D eigenvalue weighted by molar-refractivity contribution is -0.0498. The number of thiazole rings is 1. The van der Waals surface area contributed by atoms with Crippen LogP contribution in [-0.2, 0) is 0 Å². The van der Waals surface area contributed by atoms with Crippen LogP contribution in [0.15, 0.2) is 34.4 Å². The number of rotatable bonds is 4. The summed E-state index contributed by atoms with van der Waals surface area (Å²) in [5, 5.41) is 8.22. The molecule has 0 aliphatic heterocycles. The molecule has 1 N–H and O–H groups in total. The predicted octanol–water partition coefficient (Wildman–Crippen LogP) is 2.31. The molecule has 0 saturated heterocycles. The van der Waals surface area contributed by atoms with E-state index in [9.17, 15) is 18.4 Å². The van der Waals surface area contributed by atoms with Crippen molar-refractivity contribution in [2.24, 2.45) is 0 Å². The van der Waals surface area contributed by atoms with Crippen LogP contribution in [0.5, 0.6) is 5.75 Å². The molecule has 3 rings (SSSR count). The van der Waals surface area contributed by atoms with E-state index in [0.29, 0.717) is 10.8 Å².